The summed E-state index contributed by atoms with van der Waals surface area (Å²) in [5.41, 5.74) is 0.222. The minimum absolute atomic E-state index is 0.0110. The molecule has 2 aliphatic heterocycles. The first-order chi connectivity index (χ1) is 10.0. The number of halogens is 3. The largest absolute Gasteiger partial charge is 0.299 e. The average molecular weight is 314 g/mol. The van der Waals surface area contributed by atoms with Crippen LogP contribution in [0.2, 0.25) is 0 Å². The van der Waals surface area contributed by atoms with E-state index in [-0.39, 0.29) is 23.7 Å². The molecule has 0 aliphatic carbocycles. The number of carbonyl (C=O) groups is 1. The number of hydrogen-bond donors (Lipinski definition) is 0. The van der Waals surface area contributed by atoms with Crippen molar-refractivity contribution in [3.63, 3.8) is 0 Å². The maximum absolute atomic E-state index is 13.2. The van der Waals surface area contributed by atoms with Gasteiger partial charge in [0.15, 0.2) is 17.5 Å². The molecule has 5 heteroatoms. The van der Waals surface area contributed by atoms with Gasteiger partial charge in [-0.15, -0.1) is 0 Å². The lowest BCUT2D eigenvalue weighted by Gasteiger charge is -2.38. The molecule has 2 unspecified atom stereocenters. The Morgan fingerprint density at radius 3 is 2.24 bits per heavy atom. The molecule has 21 heavy (non-hydrogen) atoms. The third-order valence-electron chi connectivity index (χ3n) is 4.41. The van der Waals surface area contributed by atoms with Gasteiger partial charge in [-0.3, -0.25) is 4.79 Å². The second-order valence-corrected chi connectivity index (χ2v) is 7.60. The molecule has 1 aromatic carbocycles. The van der Waals surface area contributed by atoms with Crippen molar-refractivity contribution in [2.45, 2.75) is 49.0 Å². The minimum Gasteiger partial charge on any atom is -0.299 e. The van der Waals surface area contributed by atoms with Crippen LogP contribution in [-0.2, 0) is 11.2 Å². The summed E-state index contributed by atoms with van der Waals surface area (Å²) in [6, 6.07) is 1.85. The van der Waals surface area contributed by atoms with Gasteiger partial charge >= 0.3 is 0 Å². The molecular formula is C16H17F3OS. The summed E-state index contributed by atoms with van der Waals surface area (Å²) < 4.78 is 39.3. The van der Waals surface area contributed by atoms with Gasteiger partial charge in [-0.25, -0.2) is 13.2 Å². The highest BCUT2D eigenvalue weighted by Crippen LogP contribution is 2.44. The predicted octanol–water partition coefficient (Wildman–Crippen LogP) is 4.28. The second-order valence-electron chi connectivity index (χ2n) is 6.00. The van der Waals surface area contributed by atoms with Crippen LogP contribution in [0.4, 0.5) is 13.2 Å². The summed E-state index contributed by atoms with van der Waals surface area (Å²) in [5.74, 6) is -3.92. The molecule has 2 aliphatic rings. The summed E-state index contributed by atoms with van der Waals surface area (Å²) in [6.07, 6.45) is 5.27. The Labute approximate surface area is 126 Å². The quantitative estimate of drug-likeness (QED) is 0.775. The van der Waals surface area contributed by atoms with Crippen LogP contribution in [0.1, 0.15) is 37.7 Å². The van der Waals surface area contributed by atoms with Crippen LogP contribution >= 0.6 is 11.8 Å². The van der Waals surface area contributed by atoms with Gasteiger partial charge in [0.2, 0.25) is 0 Å². The molecule has 1 nitrogen and oxygen atoms in total. The number of thioether (sulfide) groups is 1. The first-order valence-corrected chi connectivity index (χ1v) is 8.29. The van der Waals surface area contributed by atoms with Crippen LogP contribution in [0, 0.1) is 23.4 Å². The van der Waals surface area contributed by atoms with Gasteiger partial charge in [0.05, 0.1) is 0 Å². The number of rotatable bonds is 3. The maximum Gasteiger partial charge on any atom is 0.194 e. The molecule has 2 saturated heterocycles. The van der Waals surface area contributed by atoms with Crippen molar-refractivity contribution < 1.29 is 18.0 Å². The predicted molar refractivity (Wildman–Crippen MR) is 76.8 cm³/mol. The van der Waals surface area contributed by atoms with E-state index in [1.807, 2.05) is 11.8 Å². The van der Waals surface area contributed by atoms with Gasteiger partial charge in [-0.05, 0) is 43.4 Å². The van der Waals surface area contributed by atoms with Crippen molar-refractivity contribution in [1.29, 1.82) is 0 Å². The Balaban J connectivity index is 1.69. The van der Waals surface area contributed by atoms with Crippen LogP contribution in [0.5, 0.6) is 0 Å². The van der Waals surface area contributed by atoms with E-state index in [0.29, 0.717) is 10.5 Å². The fourth-order valence-electron chi connectivity index (χ4n) is 3.38. The molecule has 2 heterocycles. The molecule has 0 radical (unpaired) electrons. The Bertz CT molecular complexity index is 525. The zero-order chi connectivity index (χ0) is 15.0. The van der Waals surface area contributed by atoms with Crippen LogP contribution < -0.4 is 0 Å². The highest BCUT2D eigenvalue weighted by molar-refractivity contribution is 8.00. The summed E-state index contributed by atoms with van der Waals surface area (Å²) >= 11 is 1.99. The van der Waals surface area contributed by atoms with Crippen molar-refractivity contribution in [3.8, 4) is 0 Å². The Morgan fingerprint density at radius 1 is 1.10 bits per heavy atom. The van der Waals surface area contributed by atoms with E-state index in [9.17, 15) is 18.0 Å². The van der Waals surface area contributed by atoms with Crippen molar-refractivity contribution >= 4 is 17.5 Å². The Kier molecular flexibility index (Phi) is 4.29. The van der Waals surface area contributed by atoms with Crippen LogP contribution in [0.25, 0.3) is 0 Å². The van der Waals surface area contributed by atoms with Crippen LogP contribution in [0.3, 0.4) is 0 Å². The number of Topliss-reactive ketones (excluding diaryl/α,β-unsaturated/α-hetero) is 1. The lowest BCUT2D eigenvalue weighted by molar-refractivity contribution is -0.122. The van der Waals surface area contributed by atoms with E-state index >= 15 is 0 Å². The first-order valence-electron chi connectivity index (χ1n) is 7.34. The van der Waals surface area contributed by atoms with Crippen LogP contribution in [0.15, 0.2) is 12.1 Å². The highest BCUT2D eigenvalue weighted by atomic mass is 32.2. The molecule has 2 atom stereocenters. The van der Waals surface area contributed by atoms with E-state index in [1.54, 1.807) is 0 Å². The lowest BCUT2D eigenvalue weighted by Crippen LogP contribution is -2.33. The van der Waals surface area contributed by atoms with Crippen molar-refractivity contribution in [2.75, 3.05) is 0 Å². The molecule has 2 fully saturated rings. The standard InChI is InChI=1S/C16H17F3OS/c17-13-4-9(5-14(18)16(13)19)6-15(20)10-7-11-2-1-3-12(8-10)21-11/h4-5,10-12H,1-3,6-8H2. The fraction of sp³-hybridized carbons (Fsp3) is 0.562. The van der Waals surface area contributed by atoms with Crippen molar-refractivity contribution in [1.82, 2.24) is 0 Å². The van der Waals surface area contributed by atoms with E-state index < -0.39 is 17.5 Å². The molecule has 0 spiro atoms. The minimum atomic E-state index is -1.48. The monoisotopic (exact) mass is 314 g/mol. The number of ketones is 1. The number of fused-ring (bicyclic) bond motifs is 2. The van der Waals surface area contributed by atoms with Crippen LogP contribution in [-0.4, -0.2) is 16.3 Å². The second kappa shape index (κ2) is 6.03. The van der Waals surface area contributed by atoms with Gasteiger partial charge in [0, 0.05) is 22.8 Å². The van der Waals surface area contributed by atoms with Crippen molar-refractivity contribution in [2.24, 2.45) is 5.92 Å². The number of benzene rings is 1. The lowest BCUT2D eigenvalue weighted by atomic mass is 9.85. The zero-order valence-corrected chi connectivity index (χ0v) is 12.4. The number of carbonyl (C=O) groups excluding carboxylic acids is 1. The summed E-state index contributed by atoms with van der Waals surface area (Å²) in [6.45, 7) is 0. The van der Waals surface area contributed by atoms with E-state index in [1.165, 1.54) is 6.42 Å². The third-order valence-corrected chi connectivity index (χ3v) is 6.04. The van der Waals surface area contributed by atoms with Gasteiger partial charge in [-0.2, -0.15) is 11.8 Å². The maximum atomic E-state index is 13.2. The molecule has 3 rings (SSSR count). The van der Waals surface area contributed by atoms with E-state index in [4.69, 9.17) is 0 Å². The Morgan fingerprint density at radius 2 is 1.67 bits per heavy atom. The smallest absolute Gasteiger partial charge is 0.194 e. The van der Waals surface area contributed by atoms with Gasteiger partial charge in [0.1, 0.15) is 5.78 Å². The number of hydrogen-bond acceptors (Lipinski definition) is 2. The molecule has 0 N–H and O–H groups in total. The van der Waals surface area contributed by atoms with Gasteiger partial charge < -0.3 is 0 Å². The topological polar surface area (TPSA) is 17.1 Å². The molecular weight excluding hydrogens is 297 g/mol. The molecule has 0 saturated carbocycles. The summed E-state index contributed by atoms with van der Waals surface area (Å²) in [4.78, 5) is 12.4. The summed E-state index contributed by atoms with van der Waals surface area (Å²) in [5, 5.41) is 1.10. The Hall–Kier alpha value is -0.970. The van der Waals surface area contributed by atoms with Gasteiger partial charge in [-0.1, -0.05) is 6.42 Å². The van der Waals surface area contributed by atoms with Crippen molar-refractivity contribution in [3.05, 3.63) is 35.1 Å². The third kappa shape index (κ3) is 3.28. The molecule has 1 aromatic rings. The summed E-state index contributed by atoms with van der Waals surface area (Å²) in [7, 11) is 0. The first kappa shape index (κ1) is 14.9. The molecule has 114 valence electrons. The SMILES string of the molecule is O=C(Cc1cc(F)c(F)c(F)c1)C1CC2CCCC(C1)S2. The van der Waals surface area contributed by atoms with E-state index in [0.717, 1.165) is 37.8 Å². The normalized spacial score (nSPS) is 28.4. The average Bonchev–Trinajstić information content (AvgIpc) is 2.44. The molecule has 0 amide bonds. The molecule has 0 aromatic heterocycles. The molecule has 2 bridgehead atoms. The highest BCUT2D eigenvalue weighted by Gasteiger charge is 2.35. The van der Waals surface area contributed by atoms with E-state index in [2.05, 4.69) is 0 Å². The van der Waals surface area contributed by atoms with Gasteiger partial charge in [0.25, 0.3) is 0 Å². The zero-order valence-electron chi connectivity index (χ0n) is 11.6. The fourth-order valence-corrected chi connectivity index (χ4v) is 5.21.